The molecule has 1 aliphatic rings. The molecule has 3 rings (SSSR count). The number of benzene rings is 1. The fourth-order valence-corrected chi connectivity index (χ4v) is 3.32. The fourth-order valence-electron chi connectivity index (χ4n) is 3.32. The largest absolute Gasteiger partial charge is 0.481 e. The lowest BCUT2D eigenvalue weighted by atomic mass is 9.97. The second kappa shape index (κ2) is 6.50. The van der Waals surface area contributed by atoms with Gasteiger partial charge in [-0.05, 0) is 44.0 Å². The SMILES string of the molecule is Cc1c(C(=O)CCN2CCCC(C(=O)O)C2)ccc2[nH]ncc12. The molecule has 6 heteroatoms. The van der Waals surface area contributed by atoms with E-state index in [-0.39, 0.29) is 11.7 Å². The van der Waals surface area contributed by atoms with Crippen LogP contribution in [0.2, 0.25) is 0 Å². The van der Waals surface area contributed by atoms with Gasteiger partial charge in [-0.15, -0.1) is 0 Å². The van der Waals surface area contributed by atoms with E-state index < -0.39 is 5.97 Å². The van der Waals surface area contributed by atoms with Gasteiger partial charge in [0.1, 0.15) is 0 Å². The molecular weight excluding hydrogens is 294 g/mol. The van der Waals surface area contributed by atoms with Gasteiger partial charge in [0.2, 0.25) is 0 Å². The highest BCUT2D eigenvalue weighted by atomic mass is 16.4. The Morgan fingerprint density at radius 2 is 2.26 bits per heavy atom. The zero-order chi connectivity index (χ0) is 16.4. The number of aromatic nitrogens is 2. The number of aliphatic carboxylic acids is 1. The van der Waals surface area contributed by atoms with E-state index in [1.807, 2.05) is 19.1 Å². The number of H-pyrrole nitrogens is 1. The molecule has 0 aliphatic carbocycles. The minimum atomic E-state index is -0.734. The Bertz CT molecular complexity index is 738. The number of likely N-dealkylation sites (tertiary alicyclic amines) is 1. The number of carbonyl (C=O) groups excluding carboxylic acids is 1. The smallest absolute Gasteiger partial charge is 0.307 e. The lowest BCUT2D eigenvalue weighted by Gasteiger charge is -2.30. The maximum Gasteiger partial charge on any atom is 0.307 e. The molecule has 23 heavy (non-hydrogen) atoms. The number of aryl methyl sites for hydroxylation is 1. The molecule has 1 fully saturated rings. The minimum absolute atomic E-state index is 0.100. The molecule has 0 bridgehead atoms. The van der Waals surface area contributed by atoms with Gasteiger partial charge in [0.15, 0.2) is 5.78 Å². The van der Waals surface area contributed by atoms with Crippen LogP contribution in [-0.2, 0) is 4.79 Å². The number of Topliss-reactive ketones (excluding diaryl/α,β-unsaturated/α-hetero) is 1. The zero-order valence-electron chi connectivity index (χ0n) is 13.2. The second-order valence-electron chi connectivity index (χ2n) is 6.22. The van der Waals surface area contributed by atoms with E-state index in [1.54, 1.807) is 6.20 Å². The number of nitrogens with one attached hydrogen (secondary N) is 1. The monoisotopic (exact) mass is 315 g/mol. The summed E-state index contributed by atoms with van der Waals surface area (Å²) in [6.45, 7) is 3.97. The highest BCUT2D eigenvalue weighted by molar-refractivity contribution is 6.01. The topological polar surface area (TPSA) is 86.3 Å². The van der Waals surface area contributed by atoms with Crippen molar-refractivity contribution in [3.63, 3.8) is 0 Å². The van der Waals surface area contributed by atoms with Crippen molar-refractivity contribution in [1.82, 2.24) is 15.1 Å². The van der Waals surface area contributed by atoms with Crippen molar-refractivity contribution >= 4 is 22.7 Å². The number of carbonyl (C=O) groups is 2. The summed E-state index contributed by atoms with van der Waals surface area (Å²) in [4.78, 5) is 25.7. The number of fused-ring (bicyclic) bond motifs is 1. The molecule has 1 aliphatic heterocycles. The molecule has 122 valence electrons. The predicted octanol–water partition coefficient (Wildman–Crippen LogP) is 2.24. The molecule has 0 amide bonds. The Labute approximate surface area is 134 Å². The van der Waals surface area contributed by atoms with Crippen molar-refractivity contribution in [2.75, 3.05) is 19.6 Å². The third-order valence-electron chi connectivity index (χ3n) is 4.70. The molecule has 1 aromatic heterocycles. The van der Waals surface area contributed by atoms with Crippen molar-refractivity contribution in [3.05, 3.63) is 29.5 Å². The van der Waals surface area contributed by atoms with Gasteiger partial charge in [0.25, 0.3) is 0 Å². The maximum absolute atomic E-state index is 12.5. The predicted molar refractivity (Wildman–Crippen MR) is 86.6 cm³/mol. The quantitative estimate of drug-likeness (QED) is 0.826. The van der Waals surface area contributed by atoms with Crippen molar-refractivity contribution < 1.29 is 14.7 Å². The van der Waals surface area contributed by atoms with Gasteiger partial charge in [0.05, 0.1) is 17.6 Å². The Hall–Kier alpha value is -2.21. The molecular formula is C17H21N3O3. The average Bonchev–Trinajstić information content (AvgIpc) is 3.03. The van der Waals surface area contributed by atoms with E-state index in [9.17, 15) is 9.59 Å². The van der Waals surface area contributed by atoms with Crippen molar-refractivity contribution in [3.8, 4) is 0 Å². The molecule has 1 atom stereocenters. The summed E-state index contributed by atoms with van der Waals surface area (Å²) < 4.78 is 0. The first-order valence-corrected chi connectivity index (χ1v) is 7.97. The average molecular weight is 315 g/mol. The summed E-state index contributed by atoms with van der Waals surface area (Å²) in [6, 6.07) is 3.72. The van der Waals surface area contributed by atoms with Crippen molar-refractivity contribution in [2.24, 2.45) is 5.92 Å². The summed E-state index contributed by atoms with van der Waals surface area (Å²) in [5.41, 5.74) is 2.60. The number of piperidine rings is 1. The number of carboxylic acids is 1. The Morgan fingerprint density at radius 3 is 3.04 bits per heavy atom. The molecule has 0 saturated carbocycles. The van der Waals surface area contributed by atoms with E-state index >= 15 is 0 Å². The van der Waals surface area contributed by atoms with Gasteiger partial charge in [-0.2, -0.15) is 5.10 Å². The van der Waals surface area contributed by atoms with Crippen LogP contribution < -0.4 is 0 Å². The Morgan fingerprint density at radius 1 is 1.43 bits per heavy atom. The van der Waals surface area contributed by atoms with Gasteiger partial charge in [0, 0.05) is 30.5 Å². The maximum atomic E-state index is 12.5. The Kier molecular flexibility index (Phi) is 4.43. The van der Waals surface area contributed by atoms with Crippen LogP contribution in [-0.4, -0.2) is 51.6 Å². The standard InChI is InChI=1S/C17H21N3O3/c1-11-13(4-5-15-14(11)9-18-19-15)16(21)6-8-20-7-2-3-12(10-20)17(22)23/h4-5,9,12H,2-3,6-8,10H2,1H3,(H,18,19)(H,22,23). The number of nitrogens with zero attached hydrogens (tertiary/aromatic N) is 2. The first-order chi connectivity index (χ1) is 11.1. The fraction of sp³-hybridized carbons (Fsp3) is 0.471. The number of hydrogen-bond acceptors (Lipinski definition) is 4. The van der Waals surface area contributed by atoms with Gasteiger partial charge >= 0.3 is 5.97 Å². The molecule has 6 nitrogen and oxygen atoms in total. The molecule has 0 spiro atoms. The van der Waals surface area contributed by atoms with Crippen LogP contribution in [0.4, 0.5) is 0 Å². The molecule has 2 heterocycles. The summed E-state index contributed by atoms with van der Waals surface area (Å²) in [5, 5.41) is 17.0. The van der Waals surface area contributed by atoms with Crippen molar-refractivity contribution in [2.45, 2.75) is 26.2 Å². The summed E-state index contributed by atoms with van der Waals surface area (Å²) in [5.74, 6) is -0.937. The van der Waals surface area contributed by atoms with E-state index in [1.165, 1.54) is 0 Å². The van der Waals surface area contributed by atoms with Crippen LogP contribution in [0, 0.1) is 12.8 Å². The van der Waals surface area contributed by atoms with Crippen molar-refractivity contribution in [1.29, 1.82) is 0 Å². The molecule has 1 saturated heterocycles. The van der Waals surface area contributed by atoms with Crippen LogP contribution in [0.15, 0.2) is 18.3 Å². The minimum Gasteiger partial charge on any atom is -0.481 e. The first kappa shape index (κ1) is 15.7. The van der Waals surface area contributed by atoms with E-state index in [2.05, 4.69) is 15.1 Å². The highest BCUT2D eigenvalue weighted by Gasteiger charge is 2.25. The molecule has 2 N–H and O–H groups in total. The molecule has 0 radical (unpaired) electrons. The summed E-state index contributed by atoms with van der Waals surface area (Å²) in [7, 11) is 0. The van der Waals surface area contributed by atoms with Crippen LogP contribution in [0.5, 0.6) is 0 Å². The number of carboxylic acid groups (broad SMARTS) is 1. The number of rotatable bonds is 5. The summed E-state index contributed by atoms with van der Waals surface area (Å²) in [6.07, 6.45) is 3.77. The van der Waals surface area contributed by atoms with Crippen LogP contribution >= 0.6 is 0 Å². The third-order valence-corrected chi connectivity index (χ3v) is 4.70. The van der Waals surface area contributed by atoms with Crippen LogP contribution in [0.25, 0.3) is 10.9 Å². The number of hydrogen-bond donors (Lipinski definition) is 2. The lowest BCUT2D eigenvalue weighted by Crippen LogP contribution is -2.39. The highest BCUT2D eigenvalue weighted by Crippen LogP contribution is 2.22. The van der Waals surface area contributed by atoms with E-state index in [4.69, 9.17) is 5.11 Å². The van der Waals surface area contributed by atoms with E-state index in [0.29, 0.717) is 19.5 Å². The van der Waals surface area contributed by atoms with Gasteiger partial charge < -0.3 is 10.0 Å². The summed E-state index contributed by atoms with van der Waals surface area (Å²) >= 11 is 0. The van der Waals surface area contributed by atoms with Gasteiger partial charge in [-0.3, -0.25) is 14.7 Å². The zero-order valence-corrected chi connectivity index (χ0v) is 13.2. The number of ketones is 1. The molecule has 1 unspecified atom stereocenters. The normalized spacial score (nSPS) is 19.1. The third kappa shape index (κ3) is 3.27. The molecule has 1 aromatic carbocycles. The van der Waals surface area contributed by atoms with Gasteiger partial charge in [-0.25, -0.2) is 0 Å². The first-order valence-electron chi connectivity index (χ1n) is 7.97. The molecule has 2 aromatic rings. The number of aromatic amines is 1. The van der Waals surface area contributed by atoms with Crippen LogP contribution in [0.3, 0.4) is 0 Å². The Balaban J connectivity index is 1.64. The van der Waals surface area contributed by atoms with Gasteiger partial charge in [-0.1, -0.05) is 0 Å². The second-order valence-corrected chi connectivity index (χ2v) is 6.22. The lowest BCUT2D eigenvalue weighted by molar-refractivity contribution is -0.143. The van der Waals surface area contributed by atoms with E-state index in [0.717, 1.165) is 41.4 Å². The van der Waals surface area contributed by atoms with Crippen LogP contribution in [0.1, 0.15) is 35.2 Å².